The largest absolute Gasteiger partial charge is 0.496 e. The number of hydrogen-bond acceptors (Lipinski definition) is 4. The number of aryl methyl sites for hydroxylation is 1. The number of anilines is 1. The fraction of sp³-hybridized carbons (Fsp3) is 0.500. The third kappa shape index (κ3) is 5.51. The maximum Gasteiger partial charge on any atom is 0.269 e. The van der Waals surface area contributed by atoms with E-state index in [0.29, 0.717) is 28.4 Å². The first-order valence-corrected chi connectivity index (χ1v) is 15.0. The summed E-state index contributed by atoms with van der Waals surface area (Å²) in [6, 6.07) is 13.3. The summed E-state index contributed by atoms with van der Waals surface area (Å²) in [5.41, 5.74) is 5.36. The van der Waals surface area contributed by atoms with E-state index in [1.165, 1.54) is 38.5 Å². The highest BCUT2D eigenvalue weighted by atomic mass is 16.5. The zero-order chi connectivity index (χ0) is 28.9. The van der Waals surface area contributed by atoms with Gasteiger partial charge in [0.25, 0.3) is 11.8 Å². The van der Waals surface area contributed by atoms with Crippen molar-refractivity contribution in [3.63, 3.8) is 0 Å². The van der Waals surface area contributed by atoms with Gasteiger partial charge in [-0.05, 0) is 115 Å². The van der Waals surface area contributed by atoms with E-state index in [2.05, 4.69) is 41.6 Å². The average molecular weight is 555 g/mol. The Morgan fingerprint density at radius 2 is 1.66 bits per heavy atom. The molecule has 2 amide bonds. The third-order valence-corrected chi connectivity index (χ3v) is 9.69. The molecule has 1 heterocycles. The maximum absolute atomic E-state index is 13.3. The minimum Gasteiger partial charge on any atom is -0.496 e. The number of methoxy groups -OCH3 is 1. The van der Waals surface area contributed by atoms with Gasteiger partial charge in [-0.3, -0.25) is 14.7 Å². The van der Waals surface area contributed by atoms with Crippen molar-refractivity contribution in [1.82, 2.24) is 15.5 Å². The minimum atomic E-state index is -0.241. The standard InChI is InChI=1S/C34H42N4O3/c1-20-6-8-25(36-31(39)27-13-24(33(2,3)4)7-9-30(27)41-5)14-26(20)28-15-29(38-37-28)32(40)35-19-34-16-21-10-22(17-34)12-23(11-21)18-34/h6-9,13-15,21-23H,10-12,16-19H2,1-5H3,(H,35,40)(H,36,39)(H,37,38). The van der Waals surface area contributed by atoms with Crippen LogP contribution in [-0.4, -0.2) is 35.7 Å². The van der Waals surface area contributed by atoms with Gasteiger partial charge in [0.1, 0.15) is 11.4 Å². The molecule has 0 saturated heterocycles. The van der Waals surface area contributed by atoms with E-state index in [9.17, 15) is 9.59 Å². The first-order valence-electron chi connectivity index (χ1n) is 15.0. The predicted molar refractivity (Wildman–Crippen MR) is 161 cm³/mol. The van der Waals surface area contributed by atoms with E-state index >= 15 is 0 Å². The van der Waals surface area contributed by atoms with Crippen LogP contribution in [0.1, 0.15) is 91.3 Å². The molecule has 0 radical (unpaired) electrons. The SMILES string of the molecule is COc1ccc(C(C)(C)C)cc1C(=O)Nc1ccc(C)c(-c2cc(C(=O)NCC34CC5CC(CC(C5)C3)C4)[nH]n2)c1. The second kappa shape index (κ2) is 10.3. The van der Waals surface area contributed by atoms with E-state index in [4.69, 9.17) is 4.74 Å². The highest BCUT2D eigenvalue weighted by Gasteiger charge is 2.50. The van der Waals surface area contributed by atoms with Crippen LogP contribution in [0.5, 0.6) is 5.75 Å². The normalized spacial score (nSPS) is 24.8. The van der Waals surface area contributed by atoms with Gasteiger partial charge in [-0.1, -0.05) is 32.9 Å². The Morgan fingerprint density at radius 3 is 2.29 bits per heavy atom. The number of carbonyl (C=O) groups is 2. The van der Waals surface area contributed by atoms with Gasteiger partial charge in [0, 0.05) is 17.8 Å². The van der Waals surface area contributed by atoms with Gasteiger partial charge in [-0.15, -0.1) is 0 Å². The molecule has 3 aromatic rings. The van der Waals surface area contributed by atoms with Crippen molar-refractivity contribution in [1.29, 1.82) is 0 Å². The van der Waals surface area contributed by atoms with Gasteiger partial charge in [0.15, 0.2) is 0 Å². The quantitative estimate of drug-likeness (QED) is 0.296. The van der Waals surface area contributed by atoms with Crippen molar-refractivity contribution in [3.05, 3.63) is 64.8 Å². The monoisotopic (exact) mass is 554 g/mol. The molecule has 0 spiro atoms. The molecule has 216 valence electrons. The predicted octanol–water partition coefficient (Wildman–Crippen LogP) is 6.89. The van der Waals surface area contributed by atoms with Gasteiger partial charge in [0.05, 0.1) is 18.4 Å². The van der Waals surface area contributed by atoms with Gasteiger partial charge in [-0.25, -0.2) is 0 Å². The van der Waals surface area contributed by atoms with Crippen LogP contribution in [0.15, 0.2) is 42.5 Å². The van der Waals surface area contributed by atoms with Crippen LogP contribution in [-0.2, 0) is 5.41 Å². The number of carbonyl (C=O) groups excluding carboxylic acids is 2. The number of hydrogen-bond donors (Lipinski definition) is 3. The number of benzene rings is 2. The van der Waals surface area contributed by atoms with Crippen molar-refractivity contribution in [2.75, 3.05) is 19.0 Å². The molecular formula is C34H42N4O3. The van der Waals surface area contributed by atoms with Gasteiger partial charge in [0.2, 0.25) is 0 Å². The Bertz CT molecular complexity index is 1450. The molecule has 0 aliphatic heterocycles. The first kappa shape index (κ1) is 27.6. The Balaban J connectivity index is 1.16. The fourth-order valence-corrected chi connectivity index (χ4v) is 7.97. The molecule has 7 rings (SSSR count). The van der Waals surface area contributed by atoms with E-state index in [-0.39, 0.29) is 22.6 Å². The topological polar surface area (TPSA) is 96.1 Å². The van der Waals surface area contributed by atoms with E-state index in [1.54, 1.807) is 13.2 Å². The number of aromatic amines is 1. The second-order valence-electron chi connectivity index (χ2n) is 13.9. The summed E-state index contributed by atoms with van der Waals surface area (Å²) in [6.07, 6.45) is 7.97. The van der Waals surface area contributed by atoms with Crippen LogP contribution in [0, 0.1) is 30.1 Å². The molecule has 0 atom stereocenters. The molecule has 4 fully saturated rings. The lowest BCUT2D eigenvalue weighted by molar-refractivity contribution is -0.0503. The van der Waals surface area contributed by atoms with Crippen molar-refractivity contribution in [2.45, 2.75) is 71.6 Å². The first-order chi connectivity index (χ1) is 19.5. The summed E-state index contributed by atoms with van der Waals surface area (Å²) >= 11 is 0. The summed E-state index contributed by atoms with van der Waals surface area (Å²) in [4.78, 5) is 26.5. The third-order valence-electron chi connectivity index (χ3n) is 9.69. The van der Waals surface area contributed by atoms with E-state index in [1.807, 2.05) is 43.3 Å². The molecule has 0 unspecified atom stereocenters. The van der Waals surface area contributed by atoms with Crippen molar-refractivity contribution in [3.8, 4) is 17.0 Å². The molecule has 4 bridgehead atoms. The Kier molecular flexibility index (Phi) is 6.95. The molecule has 1 aromatic heterocycles. The van der Waals surface area contributed by atoms with Crippen LogP contribution in [0.25, 0.3) is 11.3 Å². The van der Waals surface area contributed by atoms with Crippen LogP contribution < -0.4 is 15.4 Å². The highest BCUT2D eigenvalue weighted by Crippen LogP contribution is 2.59. The lowest BCUT2D eigenvalue weighted by Crippen LogP contribution is -2.51. The van der Waals surface area contributed by atoms with Crippen molar-refractivity contribution >= 4 is 17.5 Å². The highest BCUT2D eigenvalue weighted by molar-refractivity contribution is 6.06. The summed E-state index contributed by atoms with van der Waals surface area (Å²) < 4.78 is 5.48. The van der Waals surface area contributed by atoms with Crippen LogP contribution in [0.2, 0.25) is 0 Å². The molecule has 41 heavy (non-hydrogen) atoms. The zero-order valence-electron chi connectivity index (χ0n) is 24.9. The molecule has 2 aromatic carbocycles. The number of amides is 2. The van der Waals surface area contributed by atoms with Crippen LogP contribution in [0.3, 0.4) is 0 Å². The summed E-state index contributed by atoms with van der Waals surface area (Å²) in [6.45, 7) is 9.10. The van der Waals surface area contributed by atoms with E-state index in [0.717, 1.165) is 41.0 Å². The lowest BCUT2D eigenvalue weighted by atomic mass is 9.49. The zero-order valence-corrected chi connectivity index (χ0v) is 24.9. The smallest absolute Gasteiger partial charge is 0.269 e. The number of H-pyrrole nitrogens is 1. The van der Waals surface area contributed by atoms with Gasteiger partial charge >= 0.3 is 0 Å². The average Bonchev–Trinajstić information content (AvgIpc) is 3.41. The van der Waals surface area contributed by atoms with E-state index < -0.39 is 0 Å². The molecule has 4 saturated carbocycles. The Hall–Kier alpha value is -3.61. The molecule has 7 nitrogen and oxygen atoms in total. The molecule has 3 N–H and O–H groups in total. The van der Waals surface area contributed by atoms with Crippen LogP contribution in [0.4, 0.5) is 5.69 Å². The second-order valence-corrected chi connectivity index (χ2v) is 13.9. The van der Waals surface area contributed by atoms with Gasteiger partial charge in [-0.2, -0.15) is 5.10 Å². The van der Waals surface area contributed by atoms with Crippen molar-refractivity contribution < 1.29 is 14.3 Å². The Labute approximate surface area is 242 Å². The summed E-state index contributed by atoms with van der Waals surface area (Å²) in [5.74, 6) is 2.75. The maximum atomic E-state index is 13.3. The number of aromatic nitrogens is 2. The summed E-state index contributed by atoms with van der Waals surface area (Å²) in [5, 5.41) is 13.7. The molecular weight excluding hydrogens is 512 g/mol. The number of nitrogens with one attached hydrogen (secondary N) is 3. The minimum absolute atomic E-state index is 0.0997. The van der Waals surface area contributed by atoms with Crippen LogP contribution >= 0.6 is 0 Å². The van der Waals surface area contributed by atoms with Gasteiger partial charge < -0.3 is 15.4 Å². The fourth-order valence-electron chi connectivity index (χ4n) is 7.97. The van der Waals surface area contributed by atoms with Crippen molar-refractivity contribution in [2.24, 2.45) is 23.2 Å². The molecule has 4 aliphatic rings. The molecule has 4 aliphatic carbocycles. The number of ether oxygens (including phenoxy) is 1. The Morgan fingerprint density at radius 1 is 0.976 bits per heavy atom. The number of rotatable bonds is 7. The number of nitrogens with zero attached hydrogens (tertiary/aromatic N) is 1. The summed E-state index contributed by atoms with van der Waals surface area (Å²) in [7, 11) is 1.57. The lowest BCUT2D eigenvalue weighted by Gasteiger charge is -2.56. The molecule has 7 heteroatoms.